The number of amides is 1. The van der Waals surface area contributed by atoms with Gasteiger partial charge >= 0.3 is 0 Å². The molecule has 1 saturated heterocycles. The highest BCUT2D eigenvalue weighted by Crippen LogP contribution is 2.25. The Kier molecular flexibility index (Phi) is 4.71. The van der Waals surface area contributed by atoms with Crippen LogP contribution in [0.1, 0.15) is 39.2 Å². The normalized spacial score (nSPS) is 17.6. The van der Waals surface area contributed by atoms with Gasteiger partial charge in [0.05, 0.1) is 6.04 Å². The first-order valence-corrected chi connectivity index (χ1v) is 7.94. The van der Waals surface area contributed by atoms with Crippen molar-refractivity contribution in [3.63, 3.8) is 0 Å². The molecule has 0 saturated carbocycles. The molecule has 4 nitrogen and oxygen atoms in total. The van der Waals surface area contributed by atoms with Crippen molar-refractivity contribution in [2.75, 3.05) is 19.6 Å². The SMILES string of the molecule is CC(=O)c1ccc(C(=O)N2CCNCC2c2cccc(F)c2)cc1. The zero-order chi connectivity index (χ0) is 17.1. The topological polar surface area (TPSA) is 49.4 Å². The number of hydrogen-bond acceptors (Lipinski definition) is 3. The fraction of sp³-hybridized carbons (Fsp3) is 0.263. The number of Topliss-reactive ketones (excluding diaryl/α,β-unsaturated/α-hetero) is 1. The molecule has 3 rings (SSSR count). The second-order valence-corrected chi connectivity index (χ2v) is 5.91. The Morgan fingerprint density at radius 2 is 1.83 bits per heavy atom. The molecule has 0 aliphatic carbocycles. The Bertz CT molecular complexity index is 758. The molecule has 24 heavy (non-hydrogen) atoms. The molecule has 0 bridgehead atoms. The number of rotatable bonds is 3. The first-order valence-electron chi connectivity index (χ1n) is 7.94. The second kappa shape index (κ2) is 6.93. The van der Waals surface area contributed by atoms with Gasteiger partial charge in [0.1, 0.15) is 5.82 Å². The molecule has 0 radical (unpaired) electrons. The lowest BCUT2D eigenvalue weighted by molar-refractivity contribution is 0.0633. The highest BCUT2D eigenvalue weighted by atomic mass is 19.1. The molecule has 1 N–H and O–H groups in total. The summed E-state index contributed by atoms with van der Waals surface area (Å²) in [7, 11) is 0. The van der Waals surface area contributed by atoms with Gasteiger partial charge in [-0.3, -0.25) is 9.59 Å². The number of halogens is 1. The molecule has 1 aliphatic heterocycles. The van der Waals surface area contributed by atoms with Crippen molar-refractivity contribution in [1.29, 1.82) is 0 Å². The van der Waals surface area contributed by atoms with E-state index in [4.69, 9.17) is 0 Å². The summed E-state index contributed by atoms with van der Waals surface area (Å²) >= 11 is 0. The van der Waals surface area contributed by atoms with E-state index in [9.17, 15) is 14.0 Å². The highest BCUT2D eigenvalue weighted by Gasteiger charge is 2.28. The molecule has 124 valence electrons. The quantitative estimate of drug-likeness (QED) is 0.883. The summed E-state index contributed by atoms with van der Waals surface area (Å²) in [5, 5.41) is 3.25. The maximum absolute atomic E-state index is 13.5. The van der Waals surface area contributed by atoms with Gasteiger partial charge in [0, 0.05) is 30.8 Å². The lowest BCUT2D eigenvalue weighted by Crippen LogP contribution is -2.48. The van der Waals surface area contributed by atoms with E-state index >= 15 is 0 Å². The number of ketones is 1. The predicted molar refractivity (Wildman–Crippen MR) is 89.5 cm³/mol. The van der Waals surface area contributed by atoms with E-state index in [1.807, 2.05) is 6.07 Å². The number of nitrogens with one attached hydrogen (secondary N) is 1. The zero-order valence-corrected chi connectivity index (χ0v) is 13.5. The molecule has 1 heterocycles. The number of hydrogen-bond donors (Lipinski definition) is 1. The van der Waals surface area contributed by atoms with Gasteiger partial charge in [-0.25, -0.2) is 4.39 Å². The number of benzene rings is 2. The summed E-state index contributed by atoms with van der Waals surface area (Å²) < 4.78 is 13.5. The van der Waals surface area contributed by atoms with Crippen molar-refractivity contribution in [3.8, 4) is 0 Å². The van der Waals surface area contributed by atoms with E-state index < -0.39 is 0 Å². The van der Waals surface area contributed by atoms with Crippen LogP contribution in [0.15, 0.2) is 48.5 Å². The third-order valence-corrected chi connectivity index (χ3v) is 4.28. The fourth-order valence-corrected chi connectivity index (χ4v) is 2.97. The number of piperazine rings is 1. The standard InChI is InChI=1S/C19H19FN2O2/c1-13(23)14-5-7-15(8-6-14)19(24)22-10-9-21-12-18(22)16-3-2-4-17(20)11-16/h2-8,11,18,21H,9-10,12H2,1H3. The van der Waals surface area contributed by atoms with Gasteiger partial charge in [0.2, 0.25) is 0 Å². The van der Waals surface area contributed by atoms with Crippen LogP contribution in [0.4, 0.5) is 4.39 Å². The van der Waals surface area contributed by atoms with Gasteiger partial charge in [-0.1, -0.05) is 24.3 Å². The third-order valence-electron chi connectivity index (χ3n) is 4.28. The maximum Gasteiger partial charge on any atom is 0.254 e. The summed E-state index contributed by atoms with van der Waals surface area (Å²) in [5.74, 6) is -0.453. The zero-order valence-electron chi connectivity index (χ0n) is 13.5. The summed E-state index contributed by atoms with van der Waals surface area (Å²) in [6, 6.07) is 12.8. The molecule has 5 heteroatoms. The monoisotopic (exact) mass is 326 g/mol. The van der Waals surface area contributed by atoms with E-state index in [1.165, 1.54) is 19.1 Å². The van der Waals surface area contributed by atoms with Crippen LogP contribution in [0.25, 0.3) is 0 Å². The Labute approximate surface area is 140 Å². The Hall–Kier alpha value is -2.53. The van der Waals surface area contributed by atoms with Crippen LogP contribution in [0.2, 0.25) is 0 Å². The van der Waals surface area contributed by atoms with Gasteiger partial charge in [0.15, 0.2) is 5.78 Å². The molecule has 1 amide bonds. The van der Waals surface area contributed by atoms with Crippen LogP contribution >= 0.6 is 0 Å². The van der Waals surface area contributed by atoms with Crippen LogP contribution in [-0.4, -0.2) is 36.2 Å². The summed E-state index contributed by atoms with van der Waals surface area (Å²) in [6.45, 7) is 3.32. The van der Waals surface area contributed by atoms with Crippen LogP contribution < -0.4 is 5.32 Å². The van der Waals surface area contributed by atoms with Crippen molar-refractivity contribution in [2.24, 2.45) is 0 Å². The van der Waals surface area contributed by atoms with Crippen molar-refractivity contribution < 1.29 is 14.0 Å². The molecule has 1 aliphatic rings. The Morgan fingerprint density at radius 1 is 1.12 bits per heavy atom. The van der Waals surface area contributed by atoms with Crippen molar-refractivity contribution in [1.82, 2.24) is 10.2 Å². The van der Waals surface area contributed by atoms with Crippen LogP contribution in [0, 0.1) is 5.82 Å². The average molecular weight is 326 g/mol. The van der Waals surface area contributed by atoms with Crippen molar-refractivity contribution in [2.45, 2.75) is 13.0 Å². The fourth-order valence-electron chi connectivity index (χ4n) is 2.97. The number of carbonyl (C=O) groups excluding carboxylic acids is 2. The Balaban J connectivity index is 1.87. The van der Waals surface area contributed by atoms with Crippen LogP contribution in [0.5, 0.6) is 0 Å². The Morgan fingerprint density at radius 3 is 2.50 bits per heavy atom. The predicted octanol–water partition coefficient (Wildman–Crippen LogP) is 2.82. The molecule has 0 spiro atoms. The highest BCUT2D eigenvalue weighted by molar-refractivity contribution is 5.98. The minimum Gasteiger partial charge on any atom is -0.329 e. The molecule has 2 aromatic carbocycles. The molecular weight excluding hydrogens is 307 g/mol. The second-order valence-electron chi connectivity index (χ2n) is 5.91. The first-order chi connectivity index (χ1) is 11.6. The van der Waals surface area contributed by atoms with E-state index in [0.717, 1.165) is 5.56 Å². The largest absolute Gasteiger partial charge is 0.329 e. The molecule has 1 atom stereocenters. The van der Waals surface area contributed by atoms with Gasteiger partial charge in [-0.2, -0.15) is 0 Å². The average Bonchev–Trinajstić information content (AvgIpc) is 2.61. The lowest BCUT2D eigenvalue weighted by atomic mass is 10.0. The van der Waals surface area contributed by atoms with Gasteiger partial charge in [0.25, 0.3) is 5.91 Å². The molecule has 1 fully saturated rings. The molecule has 1 unspecified atom stereocenters. The summed E-state index contributed by atoms with van der Waals surface area (Å²) in [4.78, 5) is 26.0. The lowest BCUT2D eigenvalue weighted by Gasteiger charge is -2.36. The van der Waals surface area contributed by atoms with Gasteiger partial charge in [-0.15, -0.1) is 0 Å². The summed E-state index contributed by atoms with van der Waals surface area (Å²) in [5.41, 5.74) is 1.88. The van der Waals surface area contributed by atoms with Crippen LogP contribution in [-0.2, 0) is 0 Å². The maximum atomic E-state index is 13.5. The van der Waals surface area contributed by atoms with Crippen LogP contribution in [0.3, 0.4) is 0 Å². The third kappa shape index (κ3) is 3.36. The summed E-state index contributed by atoms with van der Waals surface area (Å²) in [6.07, 6.45) is 0. The minimum atomic E-state index is -0.309. The van der Waals surface area contributed by atoms with Gasteiger partial charge in [-0.05, 0) is 36.8 Å². The van der Waals surface area contributed by atoms with E-state index in [2.05, 4.69) is 5.32 Å². The molecular formula is C19H19FN2O2. The first kappa shape index (κ1) is 16.3. The van der Waals surface area contributed by atoms with E-state index in [0.29, 0.717) is 30.8 Å². The smallest absolute Gasteiger partial charge is 0.254 e. The number of nitrogens with zero attached hydrogens (tertiary/aromatic N) is 1. The molecule has 0 aromatic heterocycles. The molecule has 2 aromatic rings. The van der Waals surface area contributed by atoms with Crippen molar-refractivity contribution in [3.05, 3.63) is 71.0 Å². The van der Waals surface area contributed by atoms with Gasteiger partial charge < -0.3 is 10.2 Å². The van der Waals surface area contributed by atoms with Crippen molar-refractivity contribution >= 4 is 11.7 Å². The van der Waals surface area contributed by atoms with E-state index in [-0.39, 0.29) is 23.5 Å². The number of carbonyl (C=O) groups is 2. The van der Waals surface area contributed by atoms with E-state index in [1.54, 1.807) is 35.2 Å². The minimum absolute atomic E-state index is 0.0335.